The van der Waals surface area contributed by atoms with Crippen LogP contribution in [0.1, 0.15) is 17.2 Å². The highest BCUT2D eigenvalue weighted by Crippen LogP contribution is 2.34. The van der Waals surface area contributed by atoms with Crippen LogP contribution in [0.4, 0.5) is 0 Å². The molecule has 0 fully saturated rings. The van der Waals surface area contributed by atoms with Gasteiger partial charge in [0.05, 0.1) is 12.1 Å². The highest BCUT2D eigenvalue weighted by Gasteiger charge is 2.17. The topological polar surface area (TPSA) is 29.5 Å². The third-order valence-corrected chi connectivity index (χ3v) is 4.56. The molecule has 2 aromatic carbocycles. The first kappa shape index (κ1) is 15.1. The summed E-state index contributed by atoms with van der Waals surface area (Å²) in [5, 5.41) is 11.0. The number of hydrogen-bond acceptors (Lipinski definition) is 2. The summed E-state index contributed by atoms with van der Waals surface area (Å²) < 4.78 is 7.01. The van der Waals surface area contributed by atoms with Gasteiger partial charge in [0.2, 0.25) is 0 Å². The Hall–Kier alpha value is -0.300. The molecular weight excluding hydrogens is 442 g/mol. The van der Waals surface area contributed by atoms with E-state index in [2.05, 4.69) is 38.5 Å². The molecule has 0 heterocycles. The van der Waals surface area contributed by atoms with Gasteiger partial charge in [0.15, 0.2) is 0 Å². The molecule has 19 heavy (non-hydrogen) atoms. The molecule has 5 heteroatoms. The van der Waals surface area contributed by atoms with Crippen LogP contribution in [-0.2, 0) is 0 Å². The fourth-order valence-corrected chi connectivity index (χ4v) is 3.03. The predicted molar refractivity (Wildman–Crippen MR) is 88.9 cm³/mol. The summed E-state index contributed by atoms with van der Waals surface area (Å²) in [6.07, 6.45) is -0.761. The van der Waals surface area contributed by atoms with Crippen molar-refractivity contribution in [2.75, 3.05) is 7.11 Å². The Morgan fingerprint density at radius 3 is 2.58 bits per heavy atom. The molecule has 0 aliphatic heterocycles. The fourth-order valence-electron chi connectivity index (χ4n) is 1.75. The Balaban J connectivity index is 2.43. The van der Waals surface area contributed by atoms with E-state index >= 15 is 0 Å². The van der Waals surface area contributed by atoms with Crippen LogP contribution in [0, 0.1) is 3.57 Å². The summed E-state index contributed by atoms with van der Waals surface area (Å²) in [6, 6.07) is 11.0. The molecule has 2 aromatic rings. The van der Waals surface area contributed by atoms with Crippen molar-refractivity contribution in [2.24, 2.45) is 0 Å². The molecular formula is C14H11BrClIO2. The minimum absolute atomic E-state index is 0.489. The highest BCUT2D eigenvalue weighted by molar-refractivity contribution is 14.1. The molecule has 0 aromatic heterocycles. The third kappa shape index (κ3) is 3.42. The van der Waals surface area contributed by atoms with Crippen molar-refractivity contribution in [1.82, 2.24) is 0 Å². The van der Waals surface area contributed by atoms with Gasteiger partial charge in [0.25, 0.3) is 0 Å². The minimum Gasteiger partial charge on any atom is -0.497 e. The van der Waals surface area contributed by atoms with Crippen molar-refractivity contribution in [1.29, 1.82) is 0 Å². The zero-order chi connectivity index (χ0) is 14.0. The number of aliphatic hydroxyl groups is 1. The molecule has 0 bridgehead atoms. The van der Waals surface area contributed by atoms with Gasteiger partial charge in [-0.1, -0.05) is 33.6 Å². The van der Waals surface area contributed by atoms with Crippen LogP contribution in [0.5, 0.6) is 5.75 Å². The van der Waals surface area contributed by atoms with Gasteiger partial charge in [-0.05, 0) is 58.5 Å². The van der Waals surface area contributed by atoms with Crippen molar-refractivity contribution in [3.05, 3.63) is 60.6 Å². The Labute approximate surface area is 139 Å². The van der Waals surface area contributed by atoms with E-state index in [0.29, 0.717) is 16.3 Å². The van der Waals surface area contributed by atoms with Crippen LogP contribution in [0.25, 0.3) is 0 Å². The largest absolute Gasteiger partial charge is 0.497 e. The maximum atomic E-state index is 10.5. The molecule has 0 radical (unpaired) electrons. The molecule has 0 saturated carbocycles. The summed E-state index contributed by atoms with van der Waals surface area (Å²) in [4.78, 5) is 0. The quantitative estimate of drug-likeness (QED) is 0.677. The van der Waals surface area contributed by atoms with Gasteiger partial charge in [0.1, 0.15) is 11.9 Å². The Morgan fingerprint density at radius 2 is 1.95 bits per heavy atom. The Bertz CT molecular complexity index is 604. The third-order valence-electron chi connectivity index (χ3n) is 2.75. The van der Waals surface area contributed by atoms with Gasteiger partial charge in [-0.15, -0.1) is 0 Å². The first-order valence-corrected chi connectivity index (χ1v) is 7.74. The zero-order valence-corrected chi connectivity index (χ0v) is 14.5. The van der Waals surface area contributed by atoms with Crippen LogP contribution < -0.4 is 4.74 Å². The van der Waals surface area contributed by atoms with E-state index in [-0.39, 0.29) is 0 Å². The van der Waals surface area contributed by atoms with Crippen LogP contribution in [0.2, 0.25) is 5.02 Å². The maximum Gasteiger partial charge on any atom is 0.120 e. The lowest BCUT2D eigenvalue weighted by molar-refractivity contribution is 0.219. The van der Waals surface area contributed by atoms with Crippen molar-refractivity contribution >= 4 is 50.1 Å². The maximum absolute atomic E-state index is 10.5. The van der Waals surface area contributed by atoms with Gasteiger partial charge >= 0.3 is 0 Å². The van der Waals surface area contributed by atoms with Crippen molar-refractivity contribution in [2.45, 2.75) is 6.10 Å². The molecule has 2 rings (SSSR count). The lowest BCUT2D eigenvalue weighted by Crippen LogP contribution is -2.03. The highest BCUT2D eigenvalue weighted by atomic mass is 127. The first-order valence-electron chi connectivity index (χ1n) is 5.49. The smallest absolute Gasteiger partial charge is 0.120 e. The molecule has 0 amide bonds. The van der Waals surface area contributed by atoms with Crippen LogP contribution >= 0.6 is 50.1 Å². The average molecular weight is 454 g/mol. The second-order valence-corrected chi connectivity index (χ2v) is 6.44. The lowest BCUT2D eigenvalue weighted by atomic mass is 10.0. The summed E-state index contributed by atoms with van der Waals surface area (Å²) in [7, 11) is 1.58. The van der Waals surface area contributed by atoms with Gasteiger partial charge in [-0.3, -0.25) is 0 Å². The molecule has 0 aliphatic carbocycles. The molecule has 0 spiro atoms. The first-order chi connectivity index (χ1) is 9.02. The van der Waals surface area contributed by atoms with Gasteiger partial charge < -0.3 is 9.84 Å². The summed E-state index contributed by atoms with van der Waals surface area (Å²) in [6.45, 7) is 0. The van der Waals surface area contributed by atoms with Crippen LogP contribution in [-0.4, -0.2) is 12.2 Å². The molecule has 0 aliphatic rings. The van der Waals surface area contributed by atoms with Crippen LogP contribution in [0.15, 0.2) is 40.9 Å². The number of rotatable bonds is 3. The van der Waals surface area contributed by atoms with E-state index in [1.807, 2.05) is 18.2 Å². The number of ether oxygens (including phenoxy) is 1. The molecule has 0 saturated heterocycles. The Kier molecular flexibility index (Phi) is 5.11. The normalized spacial score (nSPS) is 12.3. The minimum atomic E-state index is -0.761. The van der Waals surface area contributed by atoms with E-state index in [0.717, 1.165) is 13.6 Å². The second kappa shape index (κ2) is 6.43. The van der Waals surface area contributed by atoms with Gasteiger partial charge in [-0.25, -0.2) is 0 Å². The van der Waals surface area contributed by atoms with E-state index in [9.17, 15) is 5.11 Å². The molecule has 1 N–H and O–H groups in total. The zero-order valence-electron chi connectivity index (χ0n) is 10.0. The monoisotopic (exact) mass is 452 g/mol. The summed E-state index contributed by atoms with van der Waals surface area (Å²) in [5.41, 5.74) is 1.49. The number of halogens is 3. The second-order valence-electron chi connectivity index (χ2n) is 3.96. The molecule has 100 valence electrons. The van der Waals surface area contributed by atoms with Crippen molar-refractivity contribution in [3.63, 3.8) is 0 Å². The predicted octanol–water partition coefficient (Wildman–Crippen LogP) is 4.80. The van der Waals surface area contributed by atoms with E-state index in [1.54, 1.807) is 25.3 Å². The number of benzene rings is 2. The summed E-state index contributed by atoms with van der Waals surface area (Å²) in [5.74, 6) is 0.671. The lowest BCUT2D eigenvalue weighted by Gasteiger charge is -2.16. The molecule has 1 unspecified atom stereocenters. The SMILES string of the molecule is COc1ccc(C(O)c2cc(Br)ccc2I)c(Cl)c1. The number of aliphatic hydroxyl groups excluding tert-OH is 1. The van der Waals surface area contributed by atoms with Gasteiger partial charge in [-0.2, -0.15) is 0 Å². The van der Waals surface area contributed by atoms with Gasteiger partial charge in [0, 0.05) is 13.6 Å². The molecule has 1 atom stereocenters. The van der Waals surface area contributed by atoms with E-state index in [4.69, 9.17) is 16.3 Å². The van der Waals surface area contributed by atoms with E-state index in [1.165, 1.54) is 0 Å². The van der Waals surface area contributed by atoms with E-state index < -0.39 is 6.10 Å². The van der Waals surface area contributed by atoms with Crippen molar-refractivity contribution < 1.29 is 9.84 Å². The number of hydrogen-bond donors (Lipinski definition) is 1. The average Bonchev–Trinajstić information content (AvgIpc) is 2.40. The number of methoxy groups -OCH3 is 1. The molecule has 2 nitrogen and oxygen atoms in total. The van der Waals surface area contributed by atoms with Crippen molar-refractivity contribution in [3.8, 4) is 5.75 Å². The summed E-state index contributed by atoms with van der Waals surface area (Å²) >= 11 is 11.8. The standard InChI is InChI=1S/C14H11BrClIO2/c1-19-9-3-4-10(12(16)7-9)14(18)11-6-8(15)2-5-13(11)17/h2-7,14,18H,1H3. The van der Waals surface area contributed by atoms with Crippen LogP contribution in [0.3, 0.4) is 0 Å². The Morgan fingerprint density at radius 1 is 1.21 bits per heavy atom. The fraction of sp³-hybridized carbons (Fsp3) is 0.143.